The second kappa shape index (κ2) is 7.23. The molecule has 1 unspecified atom stereocenters. The Labute approximate surface area is 150 Å². The third-order valence-corrected chi connectivity index (χ3v) is 5.12. The second-order valence-corrected chi connectivity index (χ2v) is 6.84. The van der Waals surface area contributed by atoms with Crippen LogP contribution in [0.1, 0.15) is 16.5 Å². The van der Waals surface area contributed by atoms with Gasteiger partial charge >= 0.3 is 0 Å². The minimum Gasteiger partial charge on any atom is -0.493 e. The Morgan fingerprint density at radius 1 is 0.905 bits per heavy atom. The summed E-state index contributed by atoms with van der Waals surface area (Å²) in [6, 6.07) is 9.21. The highest BCUT2D eigenvalue weighted by molar-refractivity contribution is 9.10. The Hall–Kier alpha value is -0.420. The molecule has 0 aliphatic rings. The monoisotopic (exact) mass is 452 g/mol. The summed E-state index contributed by atoms with van der Waals surface area (Å²) >= 11 is 19.7. The van der Waals surface area contributed by atoms with Gasteiger partial charge in [0.2, 0.25) is 0 Å². The third-order valence-electron chi connectivity index (χ3n) is 3.01. The highest BCUT2D eigenvalue weighted by atomic mass is 79.9. The van der Waals surface area contributed by atoms with Crippen LogP contribution in [-0.4, -0.2) is 14.2 Å². The van der Waals surface area contributed by atoms with Crippen molar-refractivity contribution < 1.29 is 9.47 Å². The van der Waals surface area contributed by atoms with E-state index < -0.39 is 0 Å². The van der Waals surface area contributed by atoms with E-state index in [2.05, 4.69) is 31.9 Å². The molecule has 0 aromatic heterocycles. The summed E-state index contributed by atoms with van der Waals surface area (Å²) in [4.78, 5) is 0. The second-order valence-electron chi connectivity index (χ2n) is 4.26. The molecule has 2 aromatic rings. The number of halogens is 4. The molecule has 0 radical (unpaired) electrons. The number of rotatable bonds is 4. The molecule has 0 aliphatic heterocycles. The van der Waals surface area contributed by atoms with Crippen molar-refractivity contribution >= 4 is 55.1 Å². The molecule has 2 rings (SSSR count). The summed E-state index contributed by atoms with van der Waals surface area (Å²) in [5.74, 6) is 1.27. The SMILES string of the molecule is COc1cc(Br)c(C(Cl)c2cc(Cl)ccc2Br)cc1OC. The lowest BCUT2D eigenvalue weighted by atomic mass is 10.0. The summed E-state index contributed by atoms with van der Waals surface area (Å²) in [6.45, 7) is 0. The van der Waals surface area contributed by atoms with Crippen LogP contribution >= 0.6 is 55.1 Å². The maximum atomic E-state index is 6.62. The van der Waals surface area contributed by atoms with Gasteiger partial charge in [0.15, 0.2) is 11.5 Å². The highest BCUT2D eigenvalue weighted by Crippen LogP contribution is 2.42. The molecule has 21 heavy (non-hydrogen) atoms. The van der Waals surface area contributed by atoms with Gasteiger partial charge in [-0.15, -0.1) is 11.6 Å². The summed E-state index contributed by atoms with van der Waals surface area (Å²) in [5, 5.41) is 0.253. The molecule has 2 nitrogen and oxygen atoms in total. The summed E-state index contributed by atoms with van der Waals surface area (Å²) in [7, 11) is 3.18. The van der Waals surface area contributed by atoms with Crippen LogP contribution in [-0.2, 0) is 0 Å². The van der Waals surface area contributed by atoms with Gasteiger partial charge in [0.05, 0.1) is 19.6 Å². The van der Waals surface area contributed by atoms with E-state index >= 15 is 0 Å². The van der Waals surface area contributed by atoms with Crippen molar-refractivity contribution in [2.24, 2.45) is 0 Å². The zero-order valence-corrected chi connectivity index (χ0v) is 16.0. The molecule has 0 N–H and O–H groups in total. The molecule has 0 fully saturated rings. The third kappa shape index (κ3) is 3.67. The predicted molar refractivity (Wildman–Crippen MR) is 94.1 cm³/mol. The van der Waals surface area contributed by atoms with E-state index in [1.54, 1.807) is 14.2 Å². The molecule has 6 heteroatoms. The largest absolute Gasteiger partial charge is 0.493 e. The summed E-state index contributed by atoms with van der Waals surface area (Å²) in [5.41, 5.74) is 1.76. The lowest BCUT2D eigenvalue weighted by molar-refractivity contribution is 0.354. The van der Waals surface area contributed by atoms with Crippen molar-refractivity contribution in [2.45, 2.75) is 5.38 Å². The van der Waals surface area contributed by atoms with Crippen LogP contribution in [0.15, 0.2) is 39.3 Å². The molecule has 0 saturated heterocycles. The number of ether oxygens (including phenoxy) is 2. The Kier molecular flexibility index (Phi) is 5.83. The summed E-state index contributed by atoms with van der Waals surface area (Å²) in [6.07, 6.45) is 0. The maximum absolute atomic E-state index is 6.62. The minimum atomic E-state index is -0.382. The molecule has 0 spiro atoms. The van der Waals surface area contributed by atoms with Crippen LogP contribution in [0.2, 0.25) is 5.02 Å². The van der Waals surface area contributed by atoms with Gasteiger partial charge in [0.25, 0.3) is 0 Å². The molecule has 0 saturated carbocycles. The molecular weight excluding hydrogens is 443 g/mol. The van der Waals surface area contributed by atoms with Gasteiger partial charge in [0.1, 0.15) is 0 Å². The van der Waals surface area contributed by atoms with Crippen LogP contribution in [0.4, 0.5) is 0 Å². The van der Waals surface area contributed by atoms with E-state index in [0.29, 0.717) is 16.5 Å². The molecule has 0 aliphatic carbocycles. The first-order valence-corrected chi connectivity index (χ1v) is 8.38. The fraction of sp³-hybridized carbons (Fsp3) is 0.200. The number of benzene rings is 2. The first-order chi connectivity index (χ1) is 9.97. The Balaban J connectivity index is 2.52. The predicted octanol–water partition coefficient (Wildman–Crippen LogP) is 6.21. The Bertz CT molecular complexity index is 662. The van der Waals surface area contributed by atoms with E-state index in [9.17, 15) is 0 Å². The normalized spacial score (nSPS) is 12.1. The number of hydrogen-bond acceptors (Lipinski definition) is 2. The van der Waals surface area contributed by atoms with Crippen LogP contribution in [0.5, 0.6) is 11.5 Å². The van der Waals surface area contributed by atoms with Crippen molar-refractivity contribution in [3.63, 3.8) is 0 Å². The fourth-order valence-corrected chi connectivity index (χ4v) is 3.77. The minimum absolute atomic E-state index is 0.382. The maximum Gasteiger partial charge on any atom is 0.161 e. The van der Waals surface area contributed by atoms with E-state index in [4.69, 9.17) is 32.7 Å². The van der Waals surface area contributed by atoms with Gasteiger partial charge in [-0.3, -0.25) is 0 Å². The van der Waals surface area contributed by atoms with Crippen molar-refractivity contribution in [1.29, 1.82) is 0 Å². The Morgan fingerprint density at radius 2 is 1.48 bits per heavy atom. The van der Waals surface area contributed by atoms with Gasteiger partial charge in [-0.1, -0.05) is 43.5 Å². The van der Waals surface area contributed by atoms with E-state index in [0.717, 1.165) is 20.1 Å². The van der Waals surface area contributed by atoms with Gasteiger partial charge < -0.3 is 9.47 Å². The number of hydrogen-bond donors (Lipinski definition) is 0. The molecule has 1 atom stereocenters. The lowest BCUT2D eigenvalue weighted by Gasteiger charge is -2.17. The average molecular weight is 455 g/mol. The first kappa shape index (κ1) is 16.9. The zero-order valence-electron chi connectivity index (χ0n) is 11.3. The van der Waals surface area contributed by atoms with E-state index in [1.807, 2.05) is 30.3 Å². The molecule has 0 heterocycles. The molecule has 0 bridgehead atoms. The molecule has 2 aromatic carbocycles. The smallest absolute Gasteiger partial charge is 0.161 e. The van der Waals surface area contributed by atoms with Crippen LogP contribution < -0.4 is 9.47 Å². The first-order valence-electron chi connectivity index (χ1n) is 5.98. The van der Waals surface area contributed by atoms with E-state index in [1.165, 1.54) is 0 Å². The van der Waals surface area contributed by atoms with Crippen molar-refractivity contribution in [2.75, 3.05) is 14.2 Å². The molecule has 0 amide bonds. The van der Waals surface area contributed by atoms with E-state index in [-0.39, 0.29) is 5.38 Å². The van der Waals surface area contributed by atoms with Crippen LogP contribution in [0.25, 0.3) is 0 Å². The van der Waals surface area contributed by atoms with Gasteiger partial charge in [-0.25, -0.2) is 0 Å². The Morgan fingerprint density at radius 3 is 2.10 bits per heavy atom. The van der Waals surface area contributed by atoms with Crippen molar-refractivity contribution in [3.05, 3.63) is 55.4 Å². The van der Waals surface area contributed by atoms with Gasteiger partial charge in [0, 0.05) is 14.0 Å². The van der Waals surface area contributed by atoms with Crippen molar-refractivity contribution in [1.82, 2.24) is 0 Å². The molecule has 112 valence electrons. The standard InChI is InChI=1S/C15H12Br2Cl2O2/c1-20-13-6-10(12(17)7-14(13)21-2)15(19)9-5-8(18)3-4-11(9)16/h3-7,15H,1-2H3. The average Bonchev–Trinajstić information content (AvgIpc) is 2.48. The number of methoxy groups -OCH3 is 2. The highest BCUT2D eigenvalue weighted by Gasteiger charge is 2.20. The fourth-order valence-electron chi connectivity index (χ4n) is 1.94. The lowest BCUT2D eigenvalue weighted by Crippen LogP contribution is -1.99. The number of alkyl halides is 1. The van der Waals surface area contributed by atoms with Crippen molar-refractivity contribution in [3.8, 4) is 11.5 Å². The zero-order chi connectivity index (χ0) is 15.6. The van der Waals surface area contributed by atoms with Crippen LogP contribution in [0.3, 0.4) is 0 Å². The quantitative estimate of drug-likeness (QED) is 0.511. The van der Waals surface area contributed by atoms with Gasteiger partial charge in [-0.05, 0) is 41.5 Å². The molecular formula is C15H12Br2Cl2O2. The van der Waals surface area contributed by atoms with Crippen LogP contribution in [0, 0.1) is 0 Å². The summed E-state index contributed by atoms with van der Waals surface area (Å²) < 4.78 is 12.3. The topological polar surface area (TPSA) is 18.5 Å². The van der Waals surface area contributed by atoms with Gasteiger partial charge in [-0.2, -0.15) is 0 Å².